The fraction of sp³-hybridized carbons (Fsp3) is 0.565. The van der Waals surface area contributed by atoms with Crippen molar-refractivity contribution in [2.24, 2.45) is 0 Å². The number of aliphatic hydroxyl groups is 1. The Morgan fingerprint density at radius 1 is 1.38 bits per heavy atom. The maximum Gasteiger partial charge on any atom is 0.408 e. The number of carbonyl (C=O) groups is 1. The number of nitrogens with zero attached hydrogens (tertiary/aromatic N) is 3. The number of nitrogens with one attached hydrogen (secondary N) is 1. The highest BCUT2D eigenvalue weighted by Crippen LogP contribution is 2.46. The smallest absolute Gasteiger partial charge is 0.408 e. The molecule has 2 N–H and O–H groups in total. The molecule has 1 atom stereocenters. The van der Waals surface area contributed by atoms with Crippen LogP contribution in [0.5, 0.6) is 0 Å². The predicted molar refractivity (Wildman–Crippen MR) is 116 cm³/mol. The number of aliphatic hydroxyl groups excluding tert-OH is 1. The maximum absolute atomic E-state index is 12.6. The Balaban J connectivity index is 1.50. The number of rotatable bonds is 4. The minimum absolute atomic E-state index is 0.0270. The highest BCUT2D eigenvalue weighted by Gasteiger charge is 2.54. The second-order valence-corrected chi connectivity index (χ2v) is 9.80. The van der Waals surface area contributed by atoms with Crippen LogP contribution < -0.4 is 10.9 Å². The van der Waals surface area contributed by atoms with E-state index < -0.39 is 28.9 Å². The number of hydrogen-bond donors (Lipinski definition) is 2. The molecular weight excluding hydrogens is 412 g/mol. The molecule has 1 saturated carbocycles. The molecule has 3 fully saturated rings. The number of carbonyl (C=O) groups excluding carboxylic acids is 1. The van der Waals surface area contributed by atoms with Gasteiger partial charge in [0.2, 0.25) is 0 Å². The molecule has 0 aromatic carbocycles. The number of hydrogen-bond acceptors (Lipinski definition) is 7. The molecule has 9 nitrogen and oxygen atoms in total. The van der Waals surface area contributed by atoms with Gasteiger partial charge in [-0.15, -0.1) is 0 Å². The quantitative estimate of drug-likeness (QED) is 0.746. The molecule has 1 amide bonds. The zero-order valence-corrected chi connectivity index (χ0v) is 18.6. The van der Waals surface area contributed by atoms with Gasteiger partial charge >= 0.3 is 6.09 Å². The van der Waals surface area contributed by atoms with Crippen LogP contribution in [0.1, 0.15) is 52.0 Å². The molecule has 2 bridgehead atoms. The highest BCUT2D eigenvalue weighted by molar-refractivity contribution is 5.75. The van der Waals surface area contributed by atoms with Crippen molar-refractivity contribution in [1.82, 2.24) is 14.9 Å². The molecule has 4 heterocycles. The Morgan fingerprint density at radius 3 is 2.69 bits per heavy atom. The first-order chi connectivity index (χ1) is 15.0. The van der Waals surface area contributed by atoms with Gasteiger partial charge in [-0.05, 0) is 58.6 Å². The lowest BCUT2D eigenvalue weighted by Gasteiger charge is -2.54. The summed E-state index contributed by atoms with van der Waals surface area (Å²) in [6.45, 7) is 5.74. The van der Waals surface area contributed by atoms with Crippen LogP contribution in [-0.4, -0.2) is 50.2 Å². The number of nitriles is 1. The summed E-state index contributed by atoms with van der Waals surface area (Å²) in [5.41, 5.74) is -0.755. The van der Waals surface area contributed by atoms with Gasteiger partial charge in [0, 0.05) is 12.3 Å². The average molecular weight is 441 g/mol. The summed E-state index contributed by atoms with van der Waals surface area (Å²) in [6, 6.07) is 6.65. The Labute approximate surface area is 186 Å². The van der Waals surface area contributed by atoms with E-state index in [1.165, 1.54) is 16.8 Å². The molecule has 2 aromatic rings. The standard InChI is InChI=1S/C23H28N4O5/c1-21(2,3)32-20(30)26-22-6-8-23(9-7-22,31-14-22)18(28)13-27-17-10-15(11-24)12-25-16(17)4-5-19(27)29/h4-5,10,12,18,28H,6-9,13-14H2,1-3H3,(H,26,30). The maximum atomic E-state index is 12.6. The number of alkyl carbamates (subject to hydrolysis) is 1. The van der Waals surface area contributed by atoms with Crippen LogP contribution in [0.25, 0.3) is 11.0 Å². The Hall–Kier alpha value is -2.96. The van der Waals surface area contributed by atoms with E-state index >= 15 is 0 Å². The summed E-state index contributed by atoms with van der Waals surface area (Å²) in [6.07, 6.45) is 2.43. The topological polar surface area (TPSA) is 126 Å². The van der Waals surface area contributed by atoms with Gasteiger partial charge < -0.3 is 24.5 Å². The van der Waals surface area contributed by atoms with Crippen LogP contribution in [0.4, 0.5) is 4.79 Å². The summed E-state index contributed by atoms with van der Waals surface area (Å²) in [5.74, 6) is 0. The molecular formula is C23H28N4O5. The first-order valence-corrected chi connectivity index (χ1v) is 10.8. The molecule has 5 rings (SSSR count). The number of aromatic nitrogens is 2. The van der Waals surface area contributed by atoms with Crippen molar-refractivity contribution in [2.45, 2.75) is 75.8 Å². The average Bonchev–Trinajstić information content (AvgIpc) is 2.75. The molecule has 0 radical (unpaired) electrons. The van der Waals surface area contributed by atoms with Crippen LogP contribution in [0.3, 0.4) is 0 Å². The molecule has 1 unspecified atom stereocenters. The Bertz CT molecular complexity index is 1120. The third-order valence-electron chi connectivity index (χ3n) is 6.39. The number of amides is 1. The van der Waals surface area contributed by atoms with Gasteiger partial charge in [-0.1, -0.05) is 0 Å². The van der Waals surface area contributed by atoms with Crippen molar-refractivity contribution in [1.29, 1.82) is 5.26 Å². The zero-order valence-electron chi connectivity index (χ0n) is 18.6. The van der Waals surface area contributed by atoms with Gasteiger partial charge in [0.15, 0.2) is 0 Å². The lowest BCUT2D eigenvalue weighted by atomic mass is 9.69. The Morgan fingerprint density at radius 2 is 2.09 bits per heavy atom. The van der Waals surface area contributed by atoms with Gasteiger partial charge in [0.25, 0.3) is 5.56 Å². The third kappa shape index (κ3) is 4.20. The fourth-order valence-corrected chi connectivity index (χ4v) is 4.59. The molecule has 2 aromatic heterocycles. The third-order valence-corrected chi connectivity index (χ3v) is 6.39. The van der Waals surface area contributed by atoms with E-state index in [9.17, 15) is 20.0 Å². The Kier molecular flexibility index (Phi) is 5.47. The van der Waals surface area contributed by atoms with Crippen LogP contribution in [0.2, 0.25) is 0 Å². The second-order valence-electron chi connectivity index (χ2n) is 9.80. The van der Waals surface area contributed by atoms with E-state index in [-0.39, 0.29) is 18.7 Å². The molecule has 0 spiro atoms. The number of pyridine rings is 2. The van der Waals surface area contributed by atoms with Crippen molar-refractivity contribution in [2.75, 3.05) is 6.61 Å². The second kappa shape index (κ2) is 7.87. The molecule has 9 heteroatoms. The van der Waals surface area contributed by atoms with Crippen molar-refractivity contribution in [3.05, 3.63) is 40.3 Å². The van der Waals surface area contributed by atoms with Gasteiger partial charge in [0.1, 0.15) is 17.8 Å². The molecule has 2 saturated heterocycles. The first-order valence-electron chi connectivity index (χ1n) is 10.8. The number of fused-ring (bicyclic) bond motifs is 4. The van der Waals surface area contributed by atoms with E-state index in [1.54, 1.807) is 12.1 Å². The minimum Gasteiger partial charge on any atom is -0.444 e. The van der Waals surface area contributed by atoms with E-state index in [4.69, 9.17) is 9.47 Å². The monoisotopic (exact) mass is 440 g/mol. The van der Waals surface area contributed by atoms with Gasteiger partial charge in [-0.3, -0.25) is 9.78 Å². The molecule has 170 valence electrons. The van der Waals surface area contributed by atoms with Crippen LogP contribution in [0.15, 0.2) is 29.2 Å². The van der Waals surface area contributed by atoms with Crippen molar-refractivity contribution in [3.8, 4) is 6.07 Å². The van der Waals surface area contributed by atoms with Gasteiger partial charge in [0.05, 0.1) is 40.9 Å². The SMILES string of the molecule is CC(C)(C)OC(=O)NC12CCC(C(O)Cn3c(=O)ccc4ncc(C#N)cc43)(CC1)OC2. The minimum atomic E-state index is -0.934. The lowest BCUT2D eigenvalue weighted by molar-refractivity contribution is -0.209. The zero-order chi connectivity index (χ0) is 23.1. The van der Waals surface area contributed by atoms with Crippen molar-refractivity contribution < 1.29 is 19.4 Å². The molecule has 2 aliphatic heterocycles. The normalized spacial score (nSPS) is 25.8. The fourth-order valence-electron chi connectivity index (χ4n) is 4.59. The lowest BCUT2D eigenvalue weighted by Crippen LogP contribution is -2.66. The van der Waals surface area contributed by atoms with E-state index in [0.717, 1.165) is 0 Å². The summed E-state index contributed by atoms with van der Waals surface area (Å²) in [5, 5.41) is 23.3. The van der Waals surface area contributed by atoms with Crippen LogP contribution >= 0.6 is 0 Å². The number of ether oxygens (including phenoxy) is 2. The first kappa shape index (κ1) is 22.2. The summed E-state index contributed by atoms with van der Waals surface area (Å²) in [4.78, 5) is 29.1. The molecule has 1 aliphatic carbocycles. The predicted octanol–water partition coefficient (Wildman–Crippen LogP) is 2.24. The van der Waals surface area contributed by atoms with Crippen molar-refractivity contribution in [3.63, 3.8) is 0 Å². The van der Waals surface area contributed by atoms with Gasteiger partial charge in [-0.2, -0.15) is 5.26 Å². The van der Waals surface area contributed by atoms with E-state index in [0.29, 0.717) is 42.3 Å². The van der Waals surface area contributed by atoms with Gasteiger partial charge in [-0.25, -0.2) is 4.79 Å². The van der Waals surface area contributed by atoms with E-state index in [1.807, 2.05) is 26.8 Å². The highest BCUT2D eigenvalue weighted by atomic mass is 16.6. The van der Waals surface area contributed by atoms with Crippen LogP contribution in [0, 0.1) is 11.3 Å². The molecule has 32 heavy (non-hydrogen) atoms. The van der Waals surface area contributed by atoms with E-state index in [2.05, 4.69) is 10.3 Å². The van der Waals surface area contributed by atoms with Crippen molar-refractivity contribution >= 4 is 17.1 Å². The largest absolute Gasteiger partial charge is 0.444 e. The molecule has 3 aliphatic rings. The summed E-state index contributed by atoms with van der Waals surface area (Å²) in [7, 11) is 0. The summed E-state index contributed by atoms with van der Waals surface area (Å²) < 4.78 is 13.0. The summed E-state index contributed by atoms with van der Waals surface area (Å²) >= 11 is 0. The van der Waals surface area contributed by atoms with Crippen LogP contribution in [-0.2, 0) is 16.0 Å².